The molecule has 1 aliphatic rings. The smallest absolute Gasteiger partial charge is 0.545 e. The van der Waals surface area contributed by atoms with Crippen molar-refractivity contribution in [3.63, 3.8) is 0 Å². The summed E-state index contributed by atoms with van der Waals surface area (Å²) >= 11 is 7.24. The number of nitrogens with zero attached hydrogens (tertiary/aromatic N) is 3. The molecule has 0 radical (unpaired) electrons. The number of hydrogen-bond donors (Lipinski definition) is 1. The number of aromatic nitrogens is 3. The van der Waals surface area contributed by atoms with Crippen molar-refractivity contribution in [1.82, 2.24) is 14.3 Å². The van der Waals surface area contributed by atoms with Gasteiger partial charge in [0, 0.05) is 57.1 Å². The van der Waals surface area contributed by atoms with Crippen LogP contribution in [0, 0.1) is 17.0 Å². The third-order valence-electron chi connectivity index (χ3n) is 6.27. The number of carboxylic acids is 1. The van der Waals surface area contributed by atoms with Crippen LogP contribution in [0.5, 0.6) is 0 Å². The number of rotatable bonds is 8. The first-order chi connectivity index (χ1) is 17.1. The molecule has 37 heavy (non-hydrogen) atoms. The molecule has 0 saturated heterocycles. The molecule has 0 atom stereocenters. The van der Waals surface area contributed by atoms with Crippen LogP contribution in [0.4, 0.5) is 8.78 Å². The number of halogens is 3. The Hall–Kier alpha value is -1.88. The van der Waals surface area contributed by atoms with Gasteiger partial charge in [-0.2, -0.15) is 5.10 Å². The fraction of sp³-hybridized carbons (Fsp3) is 0.308. The molecule has 1 N–H and O–H groups in total. The molecule has 0 unspecified atom stereocenters. The number of carboxylic acid groups (broad SMARTS) is 1. The van der Waals surface area contributed by atoms with Gasteiger partial charge in [0.05, 0.1) is 28.4 Å². The van der Waals surface area contributed by atoms with Gasteiger partial charge in [-0.3, -0.25) is 4.68 Å². The Morgan fingerprint density at radius 3 is 2.62 bits per heavy atom. The second kappa shape index (κ2) is 10.7. The van der Waals surface area contributed by atoms with E-state index < -0.39 is 28.6 Å². The normalized spacial score (nSPS) is 13.7. The van der Waals surface area contributed by atoms with Crippen molar-refractivity contribution in [1.29, 1.82) is 0 Å². The molecule has 11 heteroatoms. The molecule has 0 aliphatic heterocycles. The Kier molecular flexibility index (Phi) is 8.14. The van der Waals surface area contributed by atoms with Gasteiger partial charge < -0.3 is 19.6 Å². The molecule has 1 fully saturated rings. The van der Waals surface area contributed by atoms with E-state index in [-0.39, 0.29) is 57.5 Å². The van der Waals surface area contributed by atoms with Crippen LogP contribution in [0.2, 0.25) is 5.02 Å². The summed E-state index contributed by atoms with van der Waals surface area (Å²) in [6, 6.07) is 7.27. The van der Waals surface area contributed by atoms with E-state index in [1.165, 1.54) is 18.2 Å². The molecule has 4 aromatic rings. The number of aliphatic hydroxyl groups is 1. The Bertz CT molecular complexity index is 1500. The van der Waals surface area contributed by atoms with Crippen molar-refractivity contribution in [3.8, 4) is 5.69 Å². The summed E-state index contributed by atoms with van der Waals surface area (Å²) in [6.45, 7) is 4.26. The first kappa shape index (κ1) is 28.1. The van der Waals surface area contributed by atoms with E-state index in [4.69, 9.17) is 11.6 Å². The summed E-state index contributed by atoms with van der Waals surface area (Å²) in [5.41, 5.74) is 0.740. The number of benzene rings is 2. The van der Waals surface area contributed by atoms with Crippen LogP contribution in [-0.4, -0.2) is 32.0 Å². The van der Waals surface area contributed by atoms with Crippen LogP contribution >= 0.6 is 23.4 Å². The van der Waals surface area contributed by atoms with Crippen LogP contribution < -0.4 is 34.7 Å². The van der Waals surface area contributed by atoms with Gasteiger partial charge in [-0.15, -0.1) is 0 Å². The van der Waals surface area contributed by atoms with Gasteiger partial charge >= 0.3 is 29.6 Å². The number of carbonyl (C=O) groups is 1. The third kappa shape index (κ3) is 5.35. The maximum atomic E-state index is 15.6. The number of carbonyl (C=O) groups excluding carboxylic acids is 1. The molecule has 1 saturated carbocycles. The summed E-state index contributed by atoms with van der Waals surface area (Å²) in [5.74, 6) is -2.98. The predicted molar refractivity (Wildman–Crippen MR) is 132 cm³/mol. The zero-order valence-electron chi connectivity index (χ0n) is 20.6. The topological polar surface area (TPSA) is 83.1 Å². The summed E-state index contributed by atoms with van der Waals surface area (Å²) < 4.78 is 34.1. The van der Waals surface area contributed by atoms with Crippen molar-refractivity contribution >= 4 is 40.2 Å². The summed E-state index contributed by atoms with van der Waals surface area (Å²) in [4.78, 5) is 12.1. The zero-order chi connectivity index (χ0) is 25.8. The van der Waals surface area contributed by atoms with Crippen LogP contribution in [0.25, 0.3) is 16.6 Å². The van der Waals surface area contributed by atoms with Gasteiger partial charge in [0.2, 0.25) is 0 Å². The number of hydrogen-bond acceptors (Lipinski definition) is 5. The average Bonchev–Trinajstić information content (AvgIpc) is 3.49. The molecular formula is C26H23ClF2N3NaO3S. The van der Waals surface area contributed by atoms with E-state index in [1.807, 2.05) is 13.8 Å². The van der Waals surface area contributed by atoms with Crippen LogP contribution in [0.1, 0.15) is 48.7 Å². The van der Waals surface area contributed by atoms with E-state index in [0.29, 0.717) is 22.5 Å². The molecular weight excluding hydrogens is 531 g/mol. The zero-order valence-corrected chi connectivity index (χ0v) is 24.2. The van der Waals surface area contributed by atoms with Gasteiger partial charge in [-0.1, -0.05) is 49.3 Å². The van der Waals surface area contributed by atoms with Gasteiger partial charge in [0.1, 0.15) is 5.82 Å². The second-order valence-electron chi connectivity index (χ2n) is 9.81. The first-order valence-electron chi connectivity index (χ1n) is 11.4. The monoisotopic (exact) mass is 553 g/mol. The van der Waals surface area contributed by atoms with Gasteiger partial charge in [0.15, 0.2) is 5.82 Å². The second-order valence-corrected chi connectivity index (χ2v) is 11.3. The number of aromatic carboxylic acids is 1. The minimum Gasteiger partial charge on any atom is -0.545 e. The summed E-state index contributed by atoms with van der Waals surface area (Å²) in [7, 11) is 0. The maximum absolute atomic E-state index is 15.6. The van der Waals surface area contributed by atoms with Crippen molar-refractivity contribution < 1.29 is 53.3 Å². The minimum absolute atomic E-state index is 0. The molecule has 0 spiro atoms. The maximum Gasteiger partial charge on any atom is 1.00 e. The average molecular weight is 554 g/mol. The van der Waals surface area contributed by atoms with E-state index in [2.05, 4.69) is 5.10 Å². The SMILES string of the molecule is CC(C)(CO)Cn1cc(-n2c(C3CC3)c(Sc3cccc(C(=O)[O-])c3F)c3ccc(Cl)c(F)c32)cn1.[Na+]. The molecule has 2 heterocycles. The Labute approximate surface area is 243 Å². The molecule has 2 aromatic heterocycles. The standard InChI is InChI=1S/C26H24ClF2N3O3S.Na/c1-26(2,13-33)12-31-11-15(10-30-31)32-22(14-6-7-14)24(17-8-9-18(27)21(29)23(17)32)36-19-5-3-4-16(20(19)28)25(34)35;/h3-5,8-11,14,33H,6-7,12-13H2,1-2H3,(H,34,35);/q;+1/p-1. The van der Waals surface area contributed by atoms with Crippen molar-refractivity contribution in [2.24, 2.45) is 5.41 Å². The van der Waals surface area contributed by atoms with E-state index >= 15 is 8.78 Å². The fourth-order valence-corrected chi connectivity index (χ4v) is 5.66. The number of aliphatic hydroxyl groups excluding tert-OH is 1. The molecule has 0 bridgehead atoms. The Morgan fingerprint density at radius 2 is 1.97 bits per heavy atom. The molecule has 5 rings (SSSR count). The molecule has 2 aromatic carbocycles. The van der Waals surface area contributed by atoms with Crippen LogP contribution in [-0.2, 0) is 6.54 Å². The number of fused-ring (bicyclic) bond motifs is 1. The first-order valence-corrected chi connectivity index (χ1v) is 12.6. The van der Waals surface area contributed by atoms with Gasteiger partial charge in [0.25, 0.3) is 0 Å². The summed E-state index contributed by atoms with van der Waals surface area (Å²) in [6.07, 6.45) is 5.18. The molecule has 188 valence electrons. The van der Waals surface area contributed by atoms with Crippen LogP contribution in [0.15, 0.2) is 52.5 Å². The van der Waals surface area contributed by atoms with Crippen molar-refractivity contribution in [2.75, 3.05) is 6.61 Å². The molecule has 0 amide bonds. The van der Waals surface area contributed by atoms with E-state index in [1.54, 1.807) is 27.7 Å². The Balaban J connectivity index is 0.00000320. The quantitative estimate of drug-likeness (QED) is 0.338. The van der Waals surface area contributed by atoms with Gasteiger partial charge in [-0.05, 0) is 31.0 Å². The summed E-state index contributed by atoms with van der Waals surface area (Å²) in [5, 5.41) is 26.0. The predicted octanol–water partition coefficient (Wildman–Crippen LogP) is 2.17. The van der Waals surface area contributed by atoms with Crippen molar-refractivity contribution in [3.05, 3.63) is 70.6 Å². The fourth-order valence-electron chi connectivity index (χ4n) is 4.30. The van der Waals surface area contributed by atoms with Gasteiger partial charge in [-0.25, -0.2) is 8.78 Å². The minimum atomic E-state index is -1.60. The molecule has 1 aliphatic carbocycles. The van der Waals surface area contributed by atoms with E-state index in [9.17, 15) is 15.0 Å². The third-order valence-corrected chi connectivity index (χ3v) is 7.73. The largest absolute Gasteiger partial charge is 1.00 e. The van der Waals surface area contributed by atoms with Crippen LogP contribution in [0.3, 0.4) is 0 Å². The molecule has 6 nitrogen and oxygen atoms in total. The Morgan fingerprint density at radius 1 is 1.24 bits per heavy atom. The van der Waals surface area contributed by atoms with Crippen molar-refractivity contribution in [2.45, 2.75) is 48.9 Å². The van der Waals surface area contributed by atoms with E-state index in [0.717, 1.165) is 36.4 Å².